The van der Waals surface area contributed by atoms with Crippen LogP contribution in [-0.4, -0.2) is 58.1 Å². The van der Waals surface area contributed by atoms with Crippen LogP contribution in [0, 0.1) is 23.2 Å². The van der Waals surface area contributed by atoms with Gasteiger partial charge in [0.05, 0.1) is 18.0 Å². The van der Waals surface area contributed by atoms with Gasteiger partial charge in [0.25, 0.3) is 0 Å². The molecule has 0 saturated heterocycles. The fourth-order valence-corrected chi connectivity index (χ4v) is 7.29. The molecule has 1 aromatic carbocycles. The molecule has 0 aliphatic heterocycles. The molecule has 0 unspecified atom stereocenters. The van der Waals surface area contributed by atoms with Gasteiger partial charge in [-0.1, -0.05) is 6.07 Å². The van der Waals surface area contributed by atoms with Crippen LogP contribution in [0.15, 0.2) is 29.2 Å². The Morgan fingerprint density at radius 1 is 1.12 bits per heavy atom. The summed E-state index contributed by atoms with van der Waals surface area (Å²) in [4.78, 5) is 26.9. The van der Waals surface area contributed by atoms with E-state index in [-0.39, 0.29) is 28.7 Å². The maximum absolute atomic E-state index is 12.6. The highest BCUT2D eigenvalue weighted by atomic mass is 32.2. The van der Waals surface area contributed by atoms with Crippen LogP contribution in [0.2, 0.25) is 0 Å². The molecule has 2 amide bonds. The molecule has 0 heterocycles. The van der Waals surface area contributed by atoms with Crippen molar-refractivity contribution in [1.82, 2.24) is 10.2 Å². The van der Waals surface area contributed by atoms with Crippen molar-refractivity contribution in [3.63, 3.8) is 0 Å². The summed E-state index contributed by atoms with van der Waals surface area (Å²) in [5.74, 6) is 2.82. The summed E-state index contributed by atoms with van der Waals surface area (Å²) in [6, 6.07) is 6.39. The zero-order chi connectivity index (χ0) is 23.6. The van der Waals surface area contributed by atoms with Gasteiger partial charge >= 0.3 is 0 Å². The monoisotopic (exact) mass is 476 g/mol. The fraction of sp³-hybridized carbons (Fsp3) is 0.680. The number of nitrogens with zero attached hydrogens (tertiary/aromatic N) is 1. The normalized spacial score (nSPS) is 27.9. The molecule has 4 aliphatic rings. The lowest BCUT2D eigenvalue weighted by Gasteiger charge is -2.56. The third kappa shape index (κ3) is 6.08. The number of carbonyl (C=O) groups excluding carboxylic acids is 2. The number of hydrogen-bond acceptors (Lipinski definition) is 5. The van der Waals surface area contributed by atoms with E-state index < -0.39 is 9.84 Å². The number of carbonyl (C=O) groups is 2. The van der Waals surface area contributed by atoms with Crippen LogP contribution in [0.4, 0.5) is 0 Å². The Labute approximate surface area is 197 Å². The van der Waals surface area contributed by atoms with Gasteiger partial charge in [0.2, 0.25) is 11.8 Å². The molecular weight excluding hydrogens is 440 g/mol. The number of rotatable bonds is 10. The van der Waals surface area contributed by atoms with Crippen molar-refractivity contribution >= 4 is 21.7 Å². The number of amides is 2. The van der Waals surface area contributed by atoms with Crippen LogP contribution in [0.3, 0.4) is 0 Å². The van der Waals surface area contributed by atoms with Gasteiger partial charge in [-0.15, -0.1) is 0 Å². The predicted octanol–water partition coefficient (Wildman–Crippen LogP) is 3.04. The van der Waals surface area contributed by atoms with Crippen molar-refractivity contribution in [1.29, 1.82) is 0 Å². The first kappa shape index (κ1) is 24.0. The van der Waals surface area contributed by atoms with Gasteiger partial charge in [0.15, 0.2) is 9.84 Å². The molecule has 8 heteroatoms. The van der Waals surface area contributed by atoms with E-state index >= 15 is 0 Å². The van der Waals surface area contributed by atoms with Gasteiger partial charge in [-0.05, 0) is 86.3 Å². The van der Waals surface area contributed by atoms with Gasteiger partial charge in [0.1, 0.15) is 5.75 Å². The highest BCUT2D eigenvalue weighted by Crippen LogP contribution is 2.61. The predicted molar refractivity (Wildman–Crippen MR) is 126 cm³/mol. The second-order valence-electron chi connectivity index (χ2n) is 10.6. The standard InChI is InChI=1S/C25H36N2O5S/c1-27(7-4-8-32-21-5-3-6-22(12-21)33(2,30)31)24(29)17-26-23(28)16-25-13-18-9-19(14-25)11-20(10-18)15-25/h3,5-6,12,18-20H,4,7-11,13-17H2,1-2H3,(H,26,28). The molecule has 4 fully saturated rings. The minimum Gasteiger partial charge on any atom is -0.493 e. The second-order valence-corrected chi connectivity index (χ2v) is 12.7. The van der Waals surface area contributed by atoms with Gasteiger partial charge in [-0.2, -0.15) is 0 Å². The Morgan fingerprint density at radius 3 is 2.36 bits per heavy atom. The number of ether oxygens (including phenoxy) is 1. The first-order valence-corrected chi connectivity index (χ1v) is 13.9. The molecule has 0 radical (unpaired) electrons. The van der Waals surface area contributed by atoms with Crippen molar-refractivity contribution < 1.29 is 22.7 Å². The first-order valence-electron chi connectivity index (χ1n) is 12.1. The molecule has 0 atom stereocenters. The molecular formula is C25H36N2O5S. The summed E-state index contributed by atoms with van der Waals surface area (Å²) in [7, 11) is -1.56. The molecule has 0 spiro atoms. The molecule has 4 aliphatic carbocycles. The Kier molecular flexibility index (Phi) is 7.03. The van der Waals surface area contributed by atoms with Crippen molar-refractivity contribution in [2.24, 2.45) is 23.2 Å². The number of benzene rings is 1. The summed E-state index contributed by atoms with van der Waals surface area (Å²) in [6.45, 7) is 0.887. The lowest BCUT2D eigenvalue weighted by atomic mass is 9.49. The highest BCUT2D eigenvalue weighted by Gasteiger charge is 2.51. The topological polar surface area (TPSA) is 92.8 Å². The maximum atomic E-state index is 12.6. The quantitative estimate of drug-likeness (QED) is 0.524. The number of hydrogen-bond donors (Lipinski definition) is 1. The third-order valence-corrected chi connectivity index (χ3v) is 8.81. The first-order chi connectivity index (χ1) is 15.6. The van der Waals surface area contributed by atoms with Crippen LogP contribution in [0.25, 0.3) is 0 Å². The molecule has 7 nitrogen and oxygen atoms in total. The van der Waals surface area contributed by atoms with E-state index in [1.165, 1.54) is 50.7 Å². The van der Waals surface area contributed by atoms with Crippen LogP contribution >= 0.6 is 0 Å². The van der Waals surface area contributed by atoms with Crippen molar-refractivity contribution in [2.75, 3.05) is 33.0 Å². The number of sulfone groups is 1. The van der Waals surface area contributed by atoms with E-state index in [1.54, 1.807) is 24.1 Å². The molecule has 33 heavy (non-hydrogen) atoms. The Bertz CT molecular complexity index is 955. The van der Waals surface area contributed by atoms with Gasteiger partial charge in [0, 0.05) is 26.3 Å². The smallest absolute Gasteiger partial charge is 0.241 e. The van der Waals surface area contributed by atoms with Crippen LogP contribution in [0.1, 0.15) is 51.4 Å². The molecule has 4 bridgehead atoms. The highest BCUT2D eigenvalue weighted by molar-refractivity contribution is 7.90. The van der Waals surface area contributed by atoms with Crippen LogP contribution < -0.4 is 10.1 Å². The van der Waals surface area contributed by atoms with E-state index in [4.69, 9.17) is 4.74 Å². The molecule has 1 N–H and O–H groups in total. The largest absolute Gasteiger partial charge is 0.493 e. The average Bonchev–Trinajstić information content (AvgIpc) is 2.73. The molecule has 1 aromatic rings. The summed E-state index contributed by atoms with van der Waals surface area (Å²) in [6.07, 6.45) is 9.97. The van der Waals surface area contributed by atoms with Gasteiger partial charge < -0.3 is 15.0 Å². The summed E-state index contributed by atoms with van der Waals surface area (Å²) in [5, 5.41) is 2.86. The summed E-state index contributed by atoms with van der Waals surface area (Å²) < 4.78 is 28.9. The Balaban J connectivity index is 1.15. The number of likely N-dealkylation sites (N-methyl/N-ethyl adjacent to an activating group) is 1. The van der Waals surface area contributed by atoms with Crippen molar-refractivity contribution in [3.05, 3.63) is 24.3 Å². The Hall–Kier alpha value is -2.09. The molecule has 4 saturated carbocycles. The molecule has 5 rings (SSSR count). The maximum Gasteiger partial charge on any atom is 0.241 e. The minimum atomic E-state index is -3.28. The van der Waals surface area contributed by atoms with E-state index in [0.717, 1.165) is 24.0 Å². The summed E-state index contributed by atoms with van der Waals surface area (Å²) in [5.41, 5.74) is 0.180. The minimum absolute atomic E-state index is 0.00721. The number of nitrogens with one attached hydrogen (secondary N) is 1. The lowest BCUT2D eigenvalue weighted by Crippen LogP contribution is -2.48. The zero-order valence-electron chi connectivity index (χ0n) is 19.7. The lowest BCUT2D eigenvalue weighted by molar-refractivity contribution is -0.135. The Morgan fingerprint density at radius 2 is 1.76 bits per heavy atom. The molecule has 182 valence electrons. The van der Waals surface area contributed by atoms with Crippen molar-refractivity contribution in [3.8, 4) is 5.75 Å². The van der Waals surface area contributed by atoms with Gasteiger partial charge in [-0.3, -0.25) is 9.59 Å². The molecule has 0 aromatic heterocycles. The van der Waals surface area contributed by atoms with E-state index in [0.29, 0.717) is 31.7 Å². The zero-order valence-corrected chi connectivity index (χ0v) is 20.5. The van der Waals surface area contributed by atoms with Crippen LogP contribution in [-0.2, 0) is 19.4 Å². The van der Waals surface area contributed by atoms with Crippen LogP contribution in [0.5, 0.6) is 5.75 Å². The van der Waals surface area contributed by atoms with Gasteiger partial charge in [-0.25, -0.2) is 8.42 Å². The summed E-state index contributed by atoms with van der Waals surface area (Å²) >= 11 is 0. The second kappa shape index (κ2) is 9.65. The average molecular weight is 477 g/mol. The van der Waals surface area contributed by atoms with E-state index in [1.807, 2.05) is 0 Å². The third-order valence-electron chi connectivity index (χ3n) is 7.70. The SMILES string of the molecule is CN(CCCOc1cccc(S(C)(=O)=O)c1)C(=O)CNC(=O)CC12CC3CC(CC(C3)C1)C2. The van der Waals surface area contributed by atoms with E-state index in [2.05, 4.69) is 5.32 Å². The fourth-order valence-electron chi connectivity index (χ4n) is 6.63. The van der Waals surface area contributed by atoms with Crippen molar-refractivity contribution in [2.45, 2.75) is 56.3 Å². The van der Waals surface area contributed by atoms with E-state index in [9.17, 15) is 18.0 Å².